The van der Waals surface area contributed by atoms with Gasteiger partial charge in [-0.2, -0.15) is 0 Å². The van der Waals surface area contributed by atoms with E-state index >= 15 is 0 Å². The molecule has 0 aliphatic heterocycles. The molecule has 0 spiro atoms. The normalized spacial score (nSPS) is 14.2. The quantitative estimate of drug-likeness (QED) is 0.751. The Labute approximate surface area is 146 Å². The summed E-state index contributed by atoms with van der Waals surface area (Å²) >= 11 is 3.39. The van der Waals surface area contributed by atoms with Crippen LogP contribution in [0.4, 0.5) is 9.18 Å². The summed E-state index contributed by atoms with van der Waals surface area (Å²) in [7, 11) is 0. The van der Waals surface area contributed by atoms with Crippen LogP contribution in [0.2, 0.25) is 0 Å². The van der Waals surface area contributed by atoms with E-state index < -0.39 is 11.7 Å². The largest absolute Gasteiger partial charge is 0.444 e. The molecule has 0 saturated heterocycles. The number of hydrogen-bond donors (Lipinski definition) is 2. The highest BCUT2D eigenvalue weighted by molar-refractivity contribution is 9.10. The zero-order chi connectivity index (χ0) is 17.6. The van der Waals surface area contributed by atoms with Crippen LogP contribution in [0.3, 0.4) is 0 Å². The topological polar surface area (TPSA) is 50.4 Å². The fourth-order valence-electron chi connectivity index (χ4n) is 2.14. The number of carbonyl (C=O) groups excluding carboxylic acids is 1. The van der Waals surface area contributed by atoms with Crippen LogP contribution in [0.15, 0.2) is 22.7 Å². The molecule has 130 valence electrons. The number of amides is 1. The third-order valence-electron chi connectivity index (χ3n) is 3.30. The number of nitrogens with one attached hydrogen (secondary N) is 2. The molecular formula is C17H26BrFN2O2. The number of hydrogen-bond acceptors (Lipinski definition) is 3. The van der Waals surface area contributed by atoms with Crippen molar-refractivity contribution in [3.05, 3.63) is 34.1 Å². The van der Waals surface area contributed by atoms with Gasteiger partial charge in [-0.3, -0.25) is 0 Å². The summed E-state index contributed by atoms with van der Waals surface area (Å²) in [6, 6.07) is 4.77. The van der Waals surface area contributed by atoms with Crippen molar-refractivity contribution in [2.75, 3.05) is 6.54 Å². The molecule has 1 amide bonds. The van der Waals surface area contributed by atoms with Crippen LogP contribution < -0.4 is 10.6 Å². The van der Waals surface area contributed by atoms with Crippen LogP contribution in [-0.4, -0.2) is 24.3 Å². The minimum absolute atomic E-state index is 0.0235. The van der Waals surface area contributed by atoms with Crippen molar-refractivity contribution >= 4 is 22.0 Å². The van der Waals surface area contributed by atoms with Crippen LogP contribution in [0.1, 0.15) is 52.6 Å². The Morgan fingerprint density at radius 3 is 2.57 bits per heavy atom. The molecule has 0 heterocycles. The number of alkyl carbamates (subject to hydrolysis) is 1. The lowest BCUT2D eigenvalue weighted by Crippen LogP contribution is -2.43. The van der Waals surface area contributed by atoms with E-state index in [0.717, 1.165) is 16.5 Å². The van der Waals surface area contributed by atoms with Crippen molar-refractivity contribution < 1.29 is 13.9 Å². The molecule has 0 fully saturated rings. The van der Waals surface area contributed by atoms with Gasteiger partial charge in [0.15, 0.2) is 0 Å². The molecule has 2 atom stereocenters. The van der Waals surface area contributed by atoms with Crippen molar-refractivity contribution in [1.82, 2.24) is 10.6 Å². The van der Waals surface area contributed by atoms with Crippen molar-refractivity contribution in [3.8, 4) is 0 Å². The average molecular weight is 389 g/mol. The Hall–Kier alpha value is -1.14. The van der Waals surface area contributed by atoms with Gasteiger partial charge in [0.25, 0.3) is 0 Å². The lowest BCUT2D eigenvalue weighted by molar-refractivity contribution is 0.0521. The monoisotopic (exact) mass is 388 g/mol. The Morgan fingerprint density at radius 1 is 1.39 bits per heavy atom. The SMILES string of the molecule is CCC(CNC(=O)OC(C)(C)C)NC(C)c1ccc(F)cc1Br. The van der Waals surface area contributed by atoms with E-state index in [4.69, 9.17) is 4.74 Å². The van der Waals surface area contributed by atoms with Gasteiger partial charge in [0.1, 0.15) is 11.4 Å². The zero-order valence-corrected chi connectivity index (χ0v) is 16.0. The summed E-state index contributed by atoms with van der Waals surface area (Å²) in [5, 5.41) is 6.21. The zero-order valence-electron chi connectivity index (χ0n) is 14.4. The van der Waals surface area contributed by atoms with Gasteiger partial charge in [-0.05, 0) is 51.8 Å². The van der Waals surface area contributed by atoms with Crippen LogP contribution in [0, 0.1) is 5.82 Å². The first kappa shape index (κ1) is 19.9. The molecule has 0 bridgehead atoms. The maximum atomic E-state index is 13.2. The van der Waals surface area contributed by atoms with Gasteiger partial charge in [-0.15, -0.1) is 0 Å². The Bertz CT molecular complexity index is 532. The average Bonchev–Trinajstić information content (AvgIpc) is 2.41. The molecule has 6 heteroatoms. The summed E-state index contributed by atoms with van der Waals surface area (Å²) in [5.41, 5.74) is 0.466. The third-order valence-corrected chi connectivity index (χ3v) is 3.99. The molecule has 1 aromatic rings. The van der Waals surface area contributed by atoms with Gasteiger partial charge in [0, 0.05) is 23.1 Å². The maximum absolute atomic E-state index is 13.2. The van der Waals surface area contributed by atoms with Crippen molar-refractivity contribution in [2.45, 2.75) is 58.7 Å². The molecule has 0 aliphatic rings. The Morgan fingerprint density at radius 2 is 2.04 bits per heavy atom. The van der Waals surface area contributed by atoms with Crippen LogP contribution in [0.5, 0.6) is 0 Å². The van der Waals surface area contributed by atoms with E-state index in [1.165, 1.54) is 12.1 Å². The molecule has 1 rings (SSSR count). The fraction of sp³-hybridized carbons (Fsp3) is 0.588. The summed E-state index contributed by atoms with van der Waals surface area (Å²) in [6.07, 6.45) is 0.423. The summed E-state index contributed by atoms with van der Waals surface area (Å²) < 4.78 is 19.1. The van der Waals surface area contributed by atoms with Gasteiger partial charge in [0.05, 0.1) is 0 Å². The van der Waals surface area contributed by atoms with E-state index in [-0.39, 0.29) is 17.9 Å². The van der Waals surface area contributed by atoms with Crippen molar-refractivity contribution in [1.29, 1.82) is 0 Å². The van der Waals surface area contributed by atoms with Gasteiger partial charge < -0.3 is 15.4 Å². The molecule has 0 aliphatic carbocycles. The van der Waals surface area contributed by atoms with Crippen molar-refractivity contribution in [2.24, 2.45) is 0 Å². The molecule has 23 heavy (non-hydrogen) atoms. The van der Waals surface area contributed by atoms with Crippen LogP contribution >= 0.6 is 15.9 Å². The lowest BCUT2D eigenvalue weighted by Gasteiger charge is -2.25. The van der Waals surface area contributed by atoms with E-state index in [2.05, 4.69) is 26.6 Å². The van der Waals surface area contributed by atoms with Gasteiger partial charge in [-0.1, -0.05) is 28.9 Å². The number of benzene rings is 1. The second kappa shape index (κ2) is 8.64. The molecule has 2 N–H and O–H groups in total. The van der Waals surface area contributed by atoms with E-state index in [9.17, 15) is 9.18 Å². The number of carbonyl (C=O) groups is 1. The summed E-state index contributed by atoms with van der Waals surface area (Å²) in [5.74, 6) is -0.272. The fourth-order valence-corrected chi connectivity index (χ4v) is 2.83. The van der Waals surface area contributed by atoms with Gasteiger partial charge >= 0.3 is 6.09 Å². The minimum Gasteiger partial charge on any atom is -0.444 e. The lowest BCUT2D eigenvalue weighted by atomic mass is 10.1. The van der Waals surface area contributed by atoms with Crippen LogP contribution in [0.25, 0.3) is 0 Å². The molecule has 2 unspecified atom stereocenters. The molecule has 1 aromatic carbocycles. The van der Waals surface area contributed by atoms with Gasteiger partial charge in [-0.25, -0.2) is 9.18 Å². The number of ether oxygens (including phenoxy) is 1. The molecular weight excluding hydrogens is 363 g/mol. The Kier molecular flexibility index (Phi) is 7.48. The third kappa shape index (κ3) is 7.31. The predicted molar refractivity (Wildman–Crippen MR) is 94.0 cm³/mol. The van der Waals surface area contributed by atoms with Crippen molar-refractivity contribution in [3.63, 3.8) is 0 Å². The second-order valence-electron chi connectivity index (χ2n) is 6.54. The molecule has 0 aromatic heterocycles. The first-order valence-electron chi connectivity index (χ1n) is 7.80. The first-order chi connectivity index (χ1) is 10.6. The first-order valence-corrected chi connectivity index (χ1v) is 8.59. The smallest absolute Gasteiger partial charge is 0.407 e. The number of halogens is 2. The van der Waals surface area contributed by atoms with Crippen LogP contribution in [-0.2, 0) is 4.74 Å². The summed E-state index contributed by atoms with van der Waals surface area (Å²) in [6.45, 7) is 10.0. The summed E-state index contributed by atoms with van der Waals surface area (Å²) in [4.78, 5) is 11.7. The number of rotatable bonds is 6. The standard InChI is InChI=1S/C17H26BrFN2O2/c1-6-13(10-20-16(22)23-17(3,4)5)21-11(2)14-8-7-12(19)9-15(14)18/h7-9,11,13,21H,6,10H2,1-5H3,(H,20,22). The second-order valence-corrected chi connectivity index (χ2v) is 7.40. The molecule has 4 nitrogen and oxygen atoms in total. The van der Waals surface area contributed by atoms with E-state index in [1.54, 1.807) is 6.07 Å². The predicted octanol–water partition coefficient (Wildman–Crippen LogP) is 4.54. The highest BCUT2D eigenvalue weighted by atomic mass is 79.9. The minimum atomic E-state index is -0.508. The van der Waals surface area contributed by atoms with E-state index in [1.807, 2.05) is 34.6 Å². The molecule has 0 radical (unpaired) electrons. The van der Waals surface area contributed by atoms with Gasteiger partial charge in [0.2, 0.25) is 0 Å². The highest BCUT2D eigenvalue weighted by Gasteiger charge is 2.18. The van der Waals surface area contributed by atoms with E-state index in [0.29, 0.717) is 6.54 Å². The highest BCUT2D eigenvalue weighted by Crippen LogP contribution is 2.24. The maximum Gasteiger partial charge on any atom is 0.407 e. The molecule has 0 saturated carbocycles. The Balaban J connectivity index is 2.57.